The molecule has 0 radical (unpaired) electrons. The van der Waals surface area contributed by atoms with Gasteiger partial charge < -0.3 is 14.6 Å². The maximum absolute atomic E-state index is 12.6. The molecule has 1 heterocycles. The zero-order chi connectivity index (χ0) is 22.4. The van der Waals surface area contributed by atoms with Crippen LogP contribution in [-0.4, -0.2) is 29.3 Å². The van der Waals surface area contributed by atoms with Crippen molar-refractivity contribution in [1.82, 2.24) is 4.98 Å². The molecule has 1 saturated carbocycles. The third-order valence-electron chi connectivity index (χ3n) is 6.78. The largest absolute Gasteiger partial charge is 0.493 e. The summed E-state index contributed by atoms with van der Waals surface area (Å²) in [6.07, 6.45) is 18.1. The van der Waals surface area contributed by atoms with E-state index in [0.717, 1.165) is 24.0 Å². The van der Waals surface area contributed by atoms with Gasteiger partial charge in [-0.15, -0.1) is 0 Å². The first-order valence-corrected chi connectivity index (χ1v) is 11.4. The number of aromatic nitrogens is 1. The number of carboxylic acids is 1. The Kier molecular flexibility index (Phi) is 6.93. The van der Waals surface area contributed by atoms with Crippen LogP contribution >= 0.6 is 0 Å². The smallest absolute Gasteiger partial charge is 0.307 e. The molecule has 0 saturated heterocycles. The van der Waals surface area contributed by atoms with Crippen LogP contribution < -0.4 is 9.47 Å². The van der Waals surface area contributed by atoms with Crippen LogP contribution in [-0.2, 0) is 16.6 Å². The van der Waals surface area contributed by atoms with Crippen molar-refractivity contribution in [1.29, 1.82) is 0 Å². The number of ether oxygens (including phenoxy) is 2. The fourth-order valence-electron chi connectivity index (χ4n) is 5.02. The third kappa shape index (κ3) is 4.72. The summed E-state index contributed by atoms with van der Waals surface area (Å²) in [6.45, 7) is 0. The van der Waals surface area contributed by atoms with E-state index >= 15 is 0 Å². The van der Waals surface area contributed by atoms with E-state index in [4.69, 9.17) is 9.47 Å². The SMILES string of the molecule is COc1ccc(C2(C(CCc3ccncc3)C(=O)O)C=CC=CC2)cc1OC1CCCC1. The molecule has 1 aromatic heterocycles. The van der Waals surface area contributed by atoms with E-state index in [2.05, 4.69) is 17.1 Å². The molecular weight excluding hydrogens is 402 g/mol. The van der Waals surface area contributed by atoms with E-state index in [-0.39, 0.29) is 6.10 Å². The van der Waals surface area contributed by atoms with Gasteiger partial charge in [0.2, 0.25) is 0 Å². The van der Waals surface area contributed by atoms with Crippen molar-refractivity contribution in [3.63, 3.8) is 0 Å². The van der Waals surface area contributed by atoms with E-state index in [1.54, 1.807) is 19.5 Å². The number of benzene rings is 1. The van der Waals surface area contributed by atoms with Crippen molar-refractivity contribution in [2.45, 2.75) is 56.5 Å². The second-order valence-electron chi connectivity index (χ2n) is 8.71. The molecule has 168 valence electrons. The van der Waals surface area contributed by atoms with Crippen LogP contribution in [0.4, 0.5) is 0 Å². The Morgan fingerprint density at radius 1 is 1.16 bits per heavy atom. The summed E-state index contributed by atoms with van der Waals surface area (Å²) in [5.41, 5.74) is 1.40. The highest BCUT2D eigenvalue weighted by molar-refractivity contribution is 5.74. The lowest BCUT2D eigenvalue weighted by atomic mass is 9.65. The quantitative estimate of drug-likeness (QED) is 0.566. The Balaban J connectivity index is 1.68. The molecule has 2 unspecified atom stereocenters. The number of rotatable bonds is 9. The van der Waals surface area contributed by atoms with Gasteiger partial charge in [-0.3, -0.25) is 9.78 Å². The van der Waals surface area contributed by atoms with Crippen molar-refractivity contribution in [3.8, 4) is 11.5 Å². The van der Waals surface area contributed by atoms with Gasteiger partial charge >= 0.3 is 5.97 Å². The first kappa shape index (κ1) is 22.1. The van der Waals surface area contributed by atoms with Crippen molar-refractivity contribution in [2.24, 2.45) is 5.92 Å². The molecule has 2 aliphatic carbocycles. The van der Waals surface area contributed by atoms with E-state index < -0.39 is 17.3 Å². The minimum absolute atomic E-state index is 0.193. The lowest BCUT2D eigenvalue weighted by Crippen LogP contribution is -2.39. The van der Waals surface area contributed by atoms with Gasteiger partial charge in [-0.1, -0.05) is 30.4 Å². The fourth-order valence-corrected chi connectivity index (χ4v) is 5.02. The lowest BCUT2D eigenvalue weighted by Gasteiger charge is -2.38. The maximum atomic E-state index is 12.6. The molecule has 0 bridgehead atoms. The minimum Gasteiger partial charge on any atom is -0.493 e. The van der Waals surface area contributed by atoms with Gasteiger partial charge in [0, 0.05) is 17.8 Å². The van der Waals surface area contributed by atoms with Crippen LogP contribution in [0.15, 0.2) is 67.0 Å². The first-order valence-electron chi connectivity index (χ1n) is 11.4. The summed E-state index contributed by atoms with van der Waals surface area (Å²) in [4.78, 5) is 16.6. The number of aryl methyl sites for hydroxylation is 1. The second kappa shape index (κ2) is 10.0. The van der Waals surface area contributed by atoms with Gasteiger partial charge in [-0.2, -0.15) is 0 Å². The van der Waals surface area contributed by atoms with Crippen molar-refractivity contribution < 1.29 is 19.4 Å². The first-order chi connectivity index (χ1) is 15.6. The molecular formula is C27H31NO4. The minimum atomic E-state index is -0.784. The molecule has 0 spiro atoms. The average Bonchev–Trinajstić information content (AvgIpc) is 3.33. The zero-order valence-electron chi connectivity index (χ0n) is 18.6. The number of carboxylic acid groups (broad SMARTS) is 1. The van der Waals surface area contributed by atoms with E-state index in [9.17, 15) is 9.90 Å². The number of allylic oxidation sites excluding steroid dienone is 4. The molecule has 4 rings (SSSR count). The fraction of sp³-hybridized carbons (Fsp3) is 0.407. The standard InChI is InChI=1S/C27H31NO4/c1-31-24-12-10-21(19-25(24)32-22-7-3-4-8-22)27(15-5-2-6-16-27)23(26(29)30)11-9-20-13-17-28-18-14-20/h2,5-6,10,12-15,17-19,22-23H,3-4,7-9,11,16H2,1H3,(H,29,30). The molecule has 5 heteroatoms. The van der Waals surface area contributed by atoms with Crippen LogP contribution in [0.3, 0.4) is 0 Å². The lowest BCUT2D eigenvalue weighted by molar-refractivity contribution is -0.144. The number of methoxy groups -OCH3 is 1. The van der Waals surface area contributed by atoms with E-state index in [0.29, 0.717) is 30.8 Å². The van der Waals surface area contributed by atoms with Crippen LogP contribution in [0.5, 0.6) is 11.5 Å². The van der Waals surface area contributed by atoms with E-state index in [1.807, 2.05) is 42.5 Å². The summed E-state index contributed by atoms with van der Waals surface area (Å²) >= 11 is 0. The molecule has 0 amide bonds. The Hall–Kier alpha value is -3.08. The molecule has 1 N–H and O–H groups in total. The molecule has 1 fully saturated rings. The van der Waals surface area contributed by atoms with Gasteiger partial charge in [-0.05, 0) is 80.3 Å². The van der Waals surface area contributed by atoms with Crippen LogP contribution in [0.1, 0.15) is 49.7 Å². The Labute approximate surface area is 189 Å². The topological polar surface area (TPSA) is 68.7 Å². The van der Waals surface area contributed by atoms with E-state index in [1.165, 1.54) is 12.8 Å². The van der Waals surface area contributed by atoms with Crippen molar-refractivity contribution >= 4 is 5.97 Å². The highest BCUT2D eigenvalue weighted by atomic mass is 16.5. The van der Waals surface area contributed by atoms with Gasteiger partial charge in [0.25, 0.3) is 0 Å². The highest BCUT2D eigenvalue weighted by Gasteiger charge is 2.42. The van der Waals surface area contributed by atoms with Gasteiger partial charge in [0.05, 0.1) is 19.1 Å². The summed E-state index contributed by atoms with van der Waals surface area (Å²) in [5, 5.41) is 10.3. The number of hydrogen-bond acceptors (Lipinski definition) is 4. The Morgan fingerprint density at radius 3 is 2.59 bits per heavy atom. The summed E-state index contributed by atoms with van der Waals surface area (Å²) in [6, 6.07) is 9.80. The number of hydrogen-bond donors (Lipinski definition) is 1. The number of pyridine rings is 1. The molecule has 5 nitrogen and oxygen atoms in total. The molecule has 0 aliphatic heterocycles. The van der Waals surface area contributed by atoms with Gasteiger partial charge in [0.15, 0.2) is 11.5 Å². The zero-order valence-corrected chi connectivity index (χ0v) is 18.6. The summed E-state index contributed by atoms with van der Waals surface area (Å²) in [7, 11) is 1.64. The van der Waals surface area contributed by atoms with Crippen molar-refractivity contribution in [2.75, 3.05) is 7.11 Å². The molecule has 2 atom stereocenters. The van der Waals surface area contributed by atoms with Crippen LogP contribution in [0.25, 0.3) is 0 Å². The predicted octanol–water partition coefficient (Wildman–Crippen LogP) is 5.50. The molecule has 32 heavy (non-hydrogen) atoms. The summed E-state index contributed by atoms with van der Waals surface area (Å²) in [5.74, 6) is 0.0324. The van der Waals surface area contributed by atoms with Crippen LogP contribution in [0, 0.1) is 5.92 Å². The molecule has 2 aliphatic rings. The molecule has 2 aromatic rings. The maximum Gasteiger partial charge on any atom is 0.307 e. The average molecular weight is 434 g/mol. The Morgan fingerprint density at radius 2 is 1.94 bits per heavy atom. The normalized spacial score (nSPS) is 21.4. The highest BCUT2D eigenvalue weighted by Crippen LogP contribution is 2.45. The summed E-state index contributed by atoms with van der Waals surface area (Å²) < 4.78 is 11.9. The van der Waals surface area contributed by atoms with Crippen molar-refractivity contribution in [3.05, 3.63) is 78.2 Å². The number of aliphatic carboxylic acids is 1. The number of nitrogens with zero attached hydrogens (tertiary/aromatic N) is 1. The monoisotopic (exact) mass is 433 g/mol. The Bertz CT molecular complexity index is 978. The molecule has 1 aromatic carbocycles. The number of carbonyl (C=O) groups is 1. The predicted molar refractivity (Wildman–Crippen MR) is 124 cm³/mol. The second-order valence-corrected chi connectivity index (χ2v) is 8.71. The van der Waals surface area contributed by atoms with Gasteiger partial charge in [-0.25, -0.2) is 0 Å². The van der Waals surface area contributed by atoms with Gasteiger partial charge in [0.1, 0.15) is 0 Å². The third-order valence-corrected chi connectivity index (χ3v) is 6.78. The van der Waals surface area contributed by atoms with Crippen LogP contribution in [0.2, 0.25) is 0 Å².